The van der Waals surface area contributed by atoms with E-state index >= 15 is 0 Å². The molecule has 0 aromatic heterocycles. The second-order valence-electron chi connectivity index (χ2n) is 7.57. The molecule has 2 heterocycles. The molecule has 4 rings (SSSR count). The Balaban J connectivity index is 1.50. The number of hydrogen-bond acceptors (Lipinski definition) is 3. The van der Waals surface area contributed by atoms with Crippen molar-refractivity contribution in [3.63, 3.8) is 0 Å². The molecule has 1 saturated heterocycles. The molecule has 6 heteroatoms. The van der Waals surface area contributed by atoms with E-state index in [1.165, 1.54) is 11.1 Å². The molecule has 4 nitrogen and oxygen atoms in total. The minimum atomic E-state index is -3.41. The van der Waals surface area contributed by atoms with Crippen LogP contribution in [0.4, 0.5) is 0 Å². The molecular formula is C21H25BrN2O2S. The van der Waals surface area contributed by atoms with Crippen LogP contribution in [0.1, 0.15) is 30.0 Å². The van der Waals surface area contributed by atoms with Crippen LogP contribution in [0.15, 0.2) is 57.9 Å². The minimum absolute atomic E-state index is 0.379. The summed E-state index contributed by atoms with van der Waals surface area (Å²) in [5, 5.41) is 0. The Labute approximate surface area is 170 Å². The number of rotatable bonds is 3. The Morgan fingerprint density at radius 3 is 2.33 bits per heavy atom. The highest BCUT2D eigenvalue weighted by atomic mass is 79.9. The predicted molar refractivity (Wildman–Crippen MR) is 111 cm³/mol. The maximum absolute atomic E-state index is 12.9. The maximum atomic E-state index is 12.9. The van der Waals surface area contributed by atoms with E-state index in [4.69, 9.17) is 0 Å². The third-order valence-corrected chi connectivity index (χ3v) is 8.42. The summed E-state index contributed by atoms with van der Waals surface area (Å²) in [7, 11) is -1.21. The molecule has 1 fully saturated rings. The lowest BCUT2D eigenvalue weighted by Gasteiger charge is -2.42. The molecular weight excluding hydrogens is 424 g/mol. The normalized spacial score (nSPS) is 22.5. The molecule has 0 amide bonds. The lowest BCUT2D eigenvalue weighted by Crippen LogP contribution is -2.44. The smallest absolute Gasteiger partial charge is 0.243 e. The molecule has 0 N–H and O–H groups in total. The molecule has 0 aliphatic carbocycles. The standard InChI is InChI=1S/C21H25BrN2O2S/c1-23-13-10-16-4-2-3-5-20(16)21(23)17-11-14-24(15-12-17)27(25,26)19-8-6-18(22)7-9-19/h2-9,17,21H,10-15H2,1H3. The second kappa shape index (κ2) is 7.66. The number of halogens is 1. The lowest BCUT2D eigenvalue weighted by molar-refractivity contribution is 0.122. The van der Waals surface area contributed by atoms with Crippen molar-refractivity contribution in [2.24, 2.45) is 5.92 Å². The molecule has 1 unspecified atom stereocenters. The van der Waals surface area contributed by atoms with Crippen molar-refractivity contribution in [1.82, 2.24) is 9.21 Å². The molecule has 0 bridgehead atoms. The first-order valence-electron chi connectivity index (χ1n) is 9.50. The highest BCUT2D eigenvalue weighted by Gasteiger charge is 2.36. The van der Waals surface area contributed by atoms with Gasteiger partial charge in [-0.15, -0.1) is 0 Å². The number of hydrogen-bond donors (Lipinski definition) is 0. The minimum Gasteiger partial charge on any atom is -0.299 e. The topological polar surface area (TPSA) is 40.6 Å². The second-order valence-corrected chi connectivity index (χ2v) is 10.4. The van der Waals surface area contributed by atoms with Crippen LogP contribution in [-0.4, -0.2) is 44.3 Å². The summed E-state index contributed by atoms with van der Waals surface area (Å²) in [5.74, 6) is 0.493. The van der Waals surface area contributed by atoms with E-state index in [9.17, 15) is 8.42 Å². The van der Waals surface area contributed by atoms with Crippen LogP contribution in [-0.2, 0) is 16.4 Å². The predicted octanol–water partition coefficient (Wildman–Crippen LogP) is 4.08. The Hall–Kier alpha value is -1.21. The van der Waals surface area contributed by atoms with E-state index in [1.54, 1.807) is 28.6 Å². The Morgan fingerprint density at radius 1 is 0.963 bits per heavy atom. The number of likely N-dealkylation sites (N-methyl/N-ethyl adjacent to an activating group) is 1. The number of nitrogens with zero attached hydrogens (tertiary/aromatic N) is 2. The molecule has 2 aromatic carbocycles. The van der Waals surface area contributed by atoms with E-state index < -0.39 is 10.0 Å². The van der Waals surface area contributed by atoms with E-state index in [1.807, 2.05) is 0 Å². The van der Waals surface area contributed by atoms with Gasteiger partial charge in [0, 0.05) is 30.1 Å². The molecule has 1 atom stereocenters. The molecule has 2 aliphatic heterocycles. The summed E-state index contributed by atoms with van der Waals surface area (Å²) in [6.45, 7) is 2.25. The van der Waals surface area contributed by atoms with Crippen molar-refractivity contribution in [3.05, 3.63) is 64.1 Å². The van der Waals surface area contributed by atoms with E-state index in [-0.39, 0.29) is 0 Å². The zero-order chi connectivity index (χ0) is 19.0. The molecule has 0 radical (unpaired) electrons. The van der Waals surface area contributed by atoms with Gasteiger partial charge in [0.2, 0.25) is 10.0 Å². The summed E-state index contributed by atoms with van der Waals surface area (Å²) in [6.07, 6.45) is 2.90. The SMILES string of the molecule is CN1CCc2ccccc2C1C1CCN(S(=O)(=O)c2ccc(Br)cc2)CC1. The number of sulfonamides is 1. The van der Waals surface area contributed by atoms with Crippen LogP contribution >= 0.6 is 15.9 Å². The van der Waals surface area contributed by atoms with Gasteiger partial charge in [-0.3, -0.25) is 4.90 Å². The third-order valence-electron chi connectivity index (χ3n) is 5.98. The lowest BCUT2D eigenvalue weighted by atomic mass is 9.80. The van der Waals surface area contributed by atoms with Gasteiger partial charge in [0.25, 0.3) is 0 Å². The third kappa shape index (κ3) is 3.73. The zero-order valence-corrected chi connectivity index (χ0v) is 17.9. The number of fused-ring (bicyclic) bond motifs is 1. The van der Waals surface area contributed by atoms with Gasteiger partial charge in [0.05, 0.1) is 4.90 Å². The van der Waals surface area contributed by atoms with Crippen LogP contribution in [0.2, 0.25) is 0 Å². The first kappa shape index (κ1) is 19.1. The van der Waals surface area contributed by atoms with E-state index in [0.717, 1.165) is 30.3 Å². The summed E-state index contributed by atoms with van der Waals surface area (Å²) in [5.41, 5.74) is 2.88. The van der Waals surface area contributed by atoms with Gasteiger partial charge >= 0.3 is 0 Å². The first-order valence-corrected chi connectivity index (χ1v) is 11.7. The summed E-state index contributed by atoms with van der Waals surface area (Å²) < 4.78 is 28.4. The molecule has 27 heavy (non-hydrogen) atoms. The highest BCUT2D eigenvalue weighted by molar-refractivity contribution is 9.10. The molecule has 144 valence electrons. The fourth-order valence-electron chi connectivity index (χ4n) is 4.53. The Bertz CT molecular complexity index is 906. The van der Waals surface area contributed by atoms with Crippen molar-refractivity contribution in [3.8, 4) is 0 Å². The summed E-state index contributed by atoms with van der Waals surface area (Å²) >= 11 is 3.37. The average Bonchev–Trinajstić information content (AvgIpc) is 2.68. The van der Waals surface area contributed by atoms with Gasteiger partial charge in [-0.2, -0.15) is 4.31 Å². The summed E-state index contributed by atoms with van der Waals surface area (Å²) in [6, 6.07) is 16.1. The van der Waals surface area contributed by atoms with E-state index in [0.29, 0.717) is 29.9 Å². The fourth-order valence-corrected chi connectivity index (χ4v) is 6.26. The van der Waals surface area contributed by atoms with Crippen LogP contribution in [0.3, 0.4) is 0 Å². The molecule has 2 aliphatic rings. The van der Waals surface area contributed by atoms with Crippen LogP contribution < -0.4 is 0 Å². The zero-order valence-electron chi connectivity index (χ0n) is 15.5. The van der Waals surface area contributed by atoms with Crippen molar-refractivity contribution < 1.29 is 8.42 Å². The van der Waals surface area contributed by atoms with Gasteiger partial charge in [-0.05, 0) is 67.6 Å². The number of benzene rings is 2. The maximum Gasteiger partial charge on any atom is 0.243 e. The van der Waals surface area contributed by atoms with Crippen molar-refractivity contribution in [2.45, 2.75) is 30.2 Å². The quantitative estimate of drug-likeness (QED) is 0.709. The van der Waals surface area contributed by atoms with Gasteiger partial charge in [0.1, 0.15) is 0 Å². The molecule has 0 saturated carbocycles. The van der Waals surface area contributed by atoms with Gasteiger partial charge < -0.3 is 0 Å². The Kier molecular flexibility index (Phi) is 5.43. The monoisotopic (exact) mass is 448 g/mol. The van der Waals surface area contributed by atoms with Crippen LogP contribution in [0.5, 0.6) is 0 Å². The van der Waals surface area contributed by atoms with Gasteiger partial charge in [-0.25, -0.2) is 8.42 Å². The van der Waals surface area contributed by atoms with Crippen molar-refractivity contribution in [2.75, 3.05) is 26.7 Å². The highest BCUT2D eigenvalue weighted by Crippen LogP contribution is 2.39. The number of piperidine rings is 1. The molecule has 2 aromatic rings. The van der Waals surface area contributed by atoms with E-state index in [2.05, 4.69) is 52.1 Å². The Morgan fingerprint density at radius 2 is 1.63 bits per heavy atom. The van der Waals surface area contributed by atoms with Crippen LogP contribution in [0.25, 0.3) is 0 Å². The van der Waals surface area contributed by atoms with Crippen molar-refractivity contribution in [1.29, 1.82) is 0 Å². The average molecular weight is 449 g/mol. The fraction of sp³-hybridized carbons (Fsp3) is 0.429. The summed E-state index contributed by atoms with van der Waals surface area (Å²) in [4.78, 5) is 2.83. The van der Waals surface area contributed by atoms with Crippen molar-refractivity contribution >= 4 is 26.0 Å². The largest absolute Gasteiger partial charge is 0.299 e. The van der Waals surface area contributed by atoms with Crippen LogP contribution in [0, 0.1) is 5.92 Å². The first-order chi connectivity index (χ1) is 13.0. The molecule has 0 spiro atoms. The van der Waals surface area contributed by atoms with Gasteiger partial charge in [-0.1, -0.05) is 40.2 Å². The van der Waals surface area contributed by atoms with Gasteiger partial charge in [0.15, 0.2) is 0 Å².